The van der Waals surface area contributed by atoms with Crippen LogP contribution in [0.3, 0.4) is 0 Å². The fourth-order valence-electron chi connectivity index (χ4n) is 2.35. The first-order valence-electron chi connectivity index (χ1n) is 10.9. The van der Waals surface area contributed by atoms with E-state index in [2.05, 4.69) is 26.3 Å². The van der Waals surface area contributed by atoms with Gasteiger partial charge in [-0.15, -0.1) is 26.3 Å². The molecule has 0 N–H and O–H groups in total. The molecule has 0 aliphatic rings. The van der Waals surface area contributed by atoms with E-state index in [-0.39, 0.29) is 52.1 Å². The van der Waals surface area contributed by atoms with Gasteiger partial charge in [0.15, 0.2) is 0 Å². The second kappa shape index (κ2) is 18.4. The molecule has 0 aliphatic carbocycles. The zero-order valence-electron chi connectivity index (χ0n) is 19.4. The Balaban J connectivity index is 5.49. The largest absolute Gasteiger partial charge is 0.465 e. The highest BCUT2D eigenvalue weighted by Gasteiger charge is 2.37. The fraction of sp³-hybridized carbons (Fsp3) is 0.520. The number of esters is 4. The van der Waals surface area contributed by atoms with Gasteiger partial charge in [0.1, 0.15) is 31.8 Å². The Bertz CT molecular complexity index is 562. The van der Waals surface area contributed by atoms with Crippen molar-refractivity contribution >= 4 is 23.9 Å². The monoisotopic (exact) mass is 464 g/mol. The molecule has 33 heavy (non-hydrogen) atoms. The van der Waals surface area contributed by atoms with Crippen LogP contribution in [-0.2, 0) is 38.1 Å². The van der Waals surface area contributed by atoms with Crippen molar-refractivity contribution in [2.24, 2.45) is 5.41 Å². The Morgan fingerprint density at radius 2 is 0.697 bits per heavy atom. The molecule has 0 saturated heterocycles. The lowest BCUT2D eigenvalue weighted by Crippen LogP contribution is -2.44. The van der Waals surface area contributed by atoms with Gasteiger partial charge < -0.3 is 18.9 Å². The van der Waals surface area contributed by atoms with Gasteiger partial charge in [-0.05, 0) is 25.7 Å². The Kier molecular flexibility index (Phi) is 16.7. The molecule has 8 heteroatoms. The van der Waals surface area contributed by atoms with Crippen molar-refractivity contribution in [1.82, 2.24) is 0 Å². The smallest absolute Gasteiger partial charge is 0.306 e. The predicted molar refractivity (Wildman–Crippen MR) is 124 cm³/mol. The van der Waals surface area contributed by atoms with E-state index in [0.29, 0.717) is 25.7 Å². The molecule has 0 aromatic rings. The minimum Gasteiger partial charge on any atom is -0.465 e. The summed E-state index contributed by atoms with van der Waals surface area (Å²) in [4.78, 5) is 48.2. The minimum absolute atomic E-state index is 0.108. The molecular formula is C25H36O8. The van der Waals surface area contributed by atoms with Crippen molar-refractivity contribution in [3.63, 3.8) is 0 Å². The van der Waals surface area contributed by atoms with E-state index in [1.165, 1.54) is 0 Å². The van der Waals surface area contributed by atoms with E-state index in [1.807, 2.05) is 0 Å². The molecule has 0 spiro atoms. The molecule has 0 aromatic carbocycles. The maximum Gasteiger partial charge on any atom is 0.306 e. The fourth-order valence-corrected chi connectivity index (χ4v) is 2.35. The van der Waals surface area contributed by atoms with Gasteiger partial charge in [0, 0.05) is 25.7 Å². The number of ether oxygens (including phenoxy) is 4. The van der Waals surface area contributed by atoms with Crippen molar-refractivity contribution in [2.45, 2.75) is 51.4 Å². The average molecular weight is 465 g/mol. The van der Waals surface area contributed by atoms with Gasteiger partial charge in [-0.2, -0.15) is 0 Å². The second-order valence-electron chi connectivity index (χ2n) is 7.45. The molecule has 0 radical (unpaired) electrons. The van der Waals surface area contributed by atoms with Crippen molar-refractivity contribution in [3.8, 4) is 0 Å². The predicted octanol–water partition coefficient (Wildman–Crippen LogP) is 4.01. The first-order valence-corrected chi connectivity index (χ1v) is 10.9. The van der Waals surface area contributed by atoms with E-state index in [0.717, 1.165) is 0 Å². The van der Waals surface area contributed by atoms with Gasteiger partial charge in [0.25, 0.3) is 0 Å². The standard InChI is InChI=1S/C25H36O8/c1-5-9-13-21(26)30-17-25(18-31-22(27)14-10-6-2,19-32-23(28)15-11-7-3)20-33-24(29)16-12-8-4/h5-8H,1-4,9-20H2. The summed E-state index contributed by atoms with van der Waals surface area (Å²) in [7, 11) is 0. The van der Waals surface area contributed by atoms with Gasteiger partial charge in [-0.1, -0.05) is 24.3 Å². The number of carbonyl (C=O) groups is 4. The number of carbonyl (C=O) groups excluding carboxylic acids is 4. The van der Waals surface area contributed by atoms with Gasteiger partial charge in [-0.25, -0.2) is 0 Å². The molecule has 0 amide bonds. The van der Waals surface area contributed by atoms with Crippen molar-refractivity contribution < 1.29 is 38.1 Å². The van der Waals surface area contributed by atoms with Gasteiger partial charge in [0.2, 0.25) is 0 Å². The lowest BCUT2D eigenvalue weighted by Gasteiger charge is -2.31. The average Bonchev–Trinajstić information content (AvgIpc) is 2.82. The van der Waals surface area contributed by atoms with Crippen LogP contribution in [0.15, 0.2) is 50.6 Å². The van der Waals surface area contributed by atoms with E-state index in [9.17, 15) is 19.2 Å². The summed E-state index contributed by atoms with van der Waals surface area (Å²) in [5.41, 5.74) is -1.26. The molecule has 0 aromatic heterocycles. The number of rotatable bonds is 20. The van der Waals surface area contributed by atoms with Crippen LogP contribution in [-0.4, -0.2) is 50.3 Å². The first kappa shape index (κ1) is 29.8. The third-order valence-electron chi connectivity index (χ3n) is 4.37. The topological polar surface area (TPSA) is 105 Å². The van der Waals surface area contributed by atoms with Crippen LogP contribution in [0.25, 0.3) is 0 Å². The molecular weight excluding hydrogens is 428 g/mol. The van der Waals surface area contributed by atoms with Gasteiger partial charge in [0.05, 0.1) is 0 Å². The lowest BCUT2D eigenvalue weighted by molar-refractivity contribution is -0.170. The van der Waals surface area contributed by atoms with Crippen LogP contribution in [0.4, 0.5) is 0 Å². The summed E-state index contributed by atoms with van der Waals surface area (Å²) >= 11 is 0. The lowest BCUT2D eigenvalue weighted by atomic mass is 9.92. The molecule has 8 nitrogen and oxygen atoms in total. The molecule has 0 bridgehead atoms. The zero-order chi connectivity index (χ0) is 25.0. The van der Waals surface area contributed by atoms with Crippen molar-refractivity contribution in [1.29, 1.82) is 0 Å². The van der Waals surface area contributed by atoms with Gasteiger partial charge >= 0.3 is 23.9 Å². The van der Waals surface area contributed by atoms with Crippen LogP contribution < -0.4 is 0 Å². The highest BCUT2D eigenvalue weighted by molar-refractivity contribution is 5.71. The third kappa shape index (κ3) is 15.3. The molecule has 0 fully saturated rings. The van der Waals surface area contributed by atoms with Crippen molar-refractivity contribution in [2.75, 3.05) is 26.4 Å². The SMILES string of the molecule is C=CCCC(=O)OCC(COC(=O)CCC=C)(COC(=O)CCC=C)COC(=O)CCC=C. The van der Waals surface area contributed by atoms with E-state index in [1.54, 1.807) is 24.3 Å². The minimum atomic E-state index is -1.26. The third-order valence-corrected chi connectivity index (χ3v) is 4.37. The Labute approximate surface area is 196 Å². The van der Waals surface area contributed by atoms with E-state index < -0.39 is 29.3 Å². The number of hydrogen-bond acceptors (Lipinski definition) is 8. The van der Waals surface area contributed by atoms with Crippen LogP contribution >= 0.6 is 0 Å². The maximum absolute atomic E-state index is 12.1. The summed E-state index contributed by atoms with van der Waals surface area (Å²) in [6.07, 6.45) is 8.46. The highest BCUT2D eigenvalue weighted by atomic mass is 16.6. The zero-order valence-corrected chi connectivity index (χ0v) is 19.4. The second-order valence-corrected chi connectivity index (χ2v) is 7.45. The van der Waals surface area contributed by atoms with Crippen LogP contribution in [0, 0.1) is 5.41 Å². The number of allylic oxidation sites excluding steroid dienone is 4. The molecule has 0 atom stereocenters. The summed E-state index contributed by atoms with van der Waals surface area (Å²) in [6, 6.07) is 0. The van der Waals surface area contributed by atoms with Crippen LogP contribution in [0.1, 0.15) is 51.4 Å². The Morgan fingerprint density at radius 1 is 0.485 bits per heavy atom. The van der Waals surface area contributed by atoms with Crippen LogP contribution in [0.2, 0.25) is 0 Å². The number of hydrogen-bond donors (Lipinski definition) is 0. The van der Waals surface area contributed by atoms with Gasteiger partial charge in [-0.3, -0.25) is 19.2 Å². The molecule has 184 valence electrons. The summed E-state index contributed by atoms with van der Waals surface area (Å²) in [5, 5.41) is 0. The van der Waals surface area contributed by atoms with Crippen LogP contribution in [0.5, 0.6) is 0 Å². The molecule has 0 heterocycles. The summed E-state index contributed by atoms with van der Waals surface area (Å²) < 4.78 is 21.4. The molecule has 0 rings (SSSR count). The summed E-state index contributed by atoms with van der Waals surface area (Å²) in [5.74, 6) is -2.03. The van der Waals surface area contributed by atoms with Crippen molar-refractivity contribution in [3.05, 3.63) is 50.6 Å². The van der Waals surface area contributed by atoms with E-state index >= 15 is 0 Å². The Hall–Kier alpha value is -3.16. The highest BCUT2D eigenvalue weighted by Crippen LogP contribution is 2.23. The quantitative estimate of drug-likeness (QED) is 0.151. The van der Waals surface area contributed by atoms with E-state index in [4.69, 9.17) is 18.9 Å². The normalized spacial score (nSPS) is 10.4. The summed E-state index contributed by atoms with van der Waals surface area (Å²) in [6.45, 7) is 13.1. The molecule has 0 aliphatic heterocycles. The molecule has 0 saturated carbocycles. The first-order chi connectivity index (χ1) is 15.8. The molecule has 0 unspecified atom stereocenters. The Morgan fingerprint density at radius 3 is 0.879 bits per heavy atom. The maximum atomic E-state index is 12.1.